The molecule has 0 bridgehead atoms. The van der Waals surface area contributed by atoms with Gasteiger partial charge in [-0.1, -0.05) is 5.16 Å². The van der Waals surface area contributed by atoms with E-state index in [0.29, 0.717) is 18.1 Å². The summed E-state index contributed by atoms with van der Waals surface area (Å²) in [5.74, 6) is 1.22. The van der Waals surface area contributed by atoms with E-state index in [9.17, 15) is 0 Å². The average Bonchev–Trinajstić information content (AvgIpc) is 2.53. The molecule has 0 unspecified atom stereocenters. The van der Waals surface area contributed by atoms with Crippen LogP contribution in [0.3, 0.4) is 0 Å². The molecule has 5 nitrogen and oxygen atoms in total. The topological polar surface area (TPSA) is 57.4 Å². The van der Waals surface area contributed by atoms with Crippen molar-refractivity contribution in [2.45, 2.75) is 26.1 Å². The third-order valence-electron chi connectivity index (χ3n) is 1.81. The number of hydrogen-bond donors (Lipinski definition) is 0. The first-order valence-electron chi connectivity index (χ1n) is 4.37. The first-order chi connectivity index (χ1) is 6.34. The van der Waals surface area contributed by atoms with Gasteiger partial charge in [0.2, 0.25) is 5.89 Å². The molecule has 72 valence electrons. The standard InChI is InChI=1S/C8H12N2O3/c1-6-9-7(13-10-6)5-8-11-3-2-4-12-8/h8H,2-5H2,1H3. The van der Waals surface area contributed by atoms with Gasteiger partial charge in [-0.25, -0.2) is 0 Å². The normalized spacial score (nSPS) is 19.2. The Morgan fingerprint density at radius 1 is 1.38 bits per heavy atom. The number of aryl methyl sites for hydroxylation is 1. The molecule has 1 aliphatic rings. The minimum Gasteiger partial charge on any atom is -0.352 e. The van der Waals surface area contributed by atoms with Crippen molar-refractivity contribution < 1.29 is 14.0 Å². The second-order valence-electron chi connectivity index (χ2n) is 2.96. The summed E-state index contributed by atoms with van der Waals surface area (Å²) in [7, 11) is 0. The Bertz CT molecular complexity index is 268. The minimum atomic E-state index is -0.214. The van der Waals surface area contributed by atoms with Crippen LogP contribution in [0.25, 0.3) is 0 Å². The first kappa shape index (κ1) is 8.65. The van der Waals surface area contributed by atoms with E-state index in [1.165, 1.54) is 0 Å². The molecule has 0 N–H and O–H groups in total. The lowest BCUT2D eigenvalue weighted by Gasteiger charge is -2.21. The van der Waals surface area contributed by atoms with Gasteiger partial charge in [0.15, 0.2) is 12.1 Å². The van der Waals surface area contributed by atoms with Crippen LogP contribution in [0.5, 0.6) is 0 Å². The average molecular weight is 184 g/mol. The maximum atomic E-state index is 5.34. The molecule has 0 saturated carbocycles. The highest BCUT2D eigenvalue weighted by atomic mass is 16.7. The van der Waals surface area contributed by atoms with Crippen molar-refractivity contribution in [1.82, 2.24) is 10.1 Å². The molecule has 0 atom stereocenters. The first-order valence-corrected chi connectivity index (χ1v) is 4.37. The zero-order chi connectivity index (χ0) is 9.10. The van der Waals surface area contributed by atoms with Crippen molar-refractivity contribution in [2.24, 2.45) is 0 Å². The molecule has 2 heterocycles. The molecule has 0 radical (unpaired) electrons. The van der Waals surface area contributed by atoms with Crippen LogP contribution in [-0.4, -0.2) is 29.6 Å². The molecule has 2 rings (SSSR count). The number of nitrogens with zero attached hydrogens (tertiary/aromatic N) is 2. The lowest BCUT2D eigenvalue weighted by atomic mass is 10.3. The molecule has 1 fully saturated rings. The fourth-order valence-electron chi connectivity index (χ4n) is 1.22. The summed E-state index contributed by atoms with van der Waals surface area (Å²) in [4.78, 5) is 4.07. The van der Waals surface area contributed by atoms with Gasteiger partial charge in [-0.15, -0.1) is 0 Å². The Morgan fingerprint density at radius 2 is 2.15 bits per heavy atom. The van der Waals surface area contributed by atoms with E-state index in [0.717, 1.165) is 19.6 Å². The maximum Gasteiger partial charge on any atom is 0.231 e. The van der Waals surface area contributed by atoms with E-state index in [4.69, 9.17) is 14.0 Å². The van der Waals surface area contributed by atoms with Gasteiger partial charge in [0.25, 0.3) is 0 Å². The van der Waals surface area contributed by atoms with Gasteiger partial charge in [-0.3, -0.25) is 0 Å². The zero-order valence-corrected chi connectivity index (χ0v) is 7.52. The van der Waals surface area contributed by atoms with Gasteiger partial charge in [0, 0.05) is 0 Å². The van der Waals surface area contributed by atoms with Gasteiger partial charge in [-0.05, 0) is 13.3 Å². The van der Waals surface area contributed by atoms with Crippen molar-refractivity contribution in [1.29, 1.82) is 0 Å². The van der Waals surface area contributed by atoms with E-state index in [2.05, 4.69) is 10.1 Å². The van der Waals surface area contributed by atoms with Crippen LogP contribution in [0.15, 0.2) is 4.52 Å². The molecule has 1 aromatic heterocycles. The summed E-state index contributed by atoms with van der Waals surface area (Å²) in [6.07, 6.45) is 1.29. The lowest BCUT2D eigenvalue weighted by Crippen LogP contribution is -2.26. The van der Waals surface area contributed by atoms with Gasteiger partial charge >= 0.3 is 0 Å². The van der Waals surface area contributed by atoms with Crippen molar-refractivity contribution in [2.75, 3.05) is 13.2 Å². The van der Waals surface area contributed by atoms with Gasteiger partial charge < -0.3 is 14.0 Å². The molecular formula is C8H12N2O3. The summed E-state index contributed by atoms with van der Waals surface area (Å²) in [5.41, 5.74) is 0. The number of hydrogen-bond acceptors (Lipinski definition) is 5. The second-order valence-corrected chi connectivity index (χ2v) is 2.96. The van der Waals surface area contributed by atoms with Crippen LogP contribution in [0.4, 0.5) is 0 Å². The van der Waals surface area contributed by atoms with Crippen LogP contribution >= 0.6 is 0 Å². The SMILES string of the molecule is Cc1noc(CC2OCCCO2)n1. The number of rotatable bonds is 2. The van der Waals surface area contributed by atoms with Gasteiger partial charge in [0.1, 0.15) is 0 Å². The quantitative estimate of drug-likeness (QED) is 0.676. The largest absolute Gasteiger partial charge is 0.352 e. The smallest absolute Gasteiger partial charge is 0.231 e. The Hall–Kier alpha value is -0.940. The molecule has 0 spiro atoms. The minimum absolute atomic E-state index is 0.214. The zero-order valence-electron chi connectivity index (χ0n) is 7.52. The van der Waals surface area contributed by atoms with Crippen LogP contribution in [0.1, 0.15) is 18.1 Å². The third kappa shape index (κ3) is 2.26. The van der Waals surface area contributed by atoms with Crippen molar-refractivity contribution >= 4 is 0 Å². The van der Waals surface area contributed by atoms with E-state index in [-0.39, 0.29) is 6.29 Å². The number of ether oxygens (including phenoxy) is 2. The Kier molecular flexibility index (Phi) is 2.56. The van der Waals surface area contributed by atoms with Crippen molar-refractivity contribution in [3.63, 3.8) is 0 Å². The molecule has 0 aromatic carbocycles. The Labute approximate surface area is 76.0 Å². The van der Waals surface area contributed by atoms with E-state index >= 15 is 0 Å². The maximum absolute atomic E-state index is 5.34. The number of aromatic nitrogens is 2. The highest BCUT2D eigenvalue weighted by Gasteiger charge is 2.17. The molecule has 0 amide bonds. The fourth-order valence-corrected chi connectivity index (χ4v) is 1.22. The predicted molar refractivity (Wildman–Crippen MR) is 43.0 cm³/mol. The summed E-state index contributed by atoms with van der Waals surface area (Å²) >= 11 is 0. The predicted octanol–water partition coefficient (Wildman–Crippen LogP) is 0.684. The summed E-state index contributed by atoms with van der Waals surface area (Å²) < 4.78 is 15.6. The third-order valence-corrected chi connectivity index (χ3v) is 1.81. The molecule has 13 heavy (non-hydrogen) atoms. The monoisotopic (exact) mass is 184 g/mol. The molecule has 0 aliphatic carbocycles. The molecule has 1 saturated heterocycles. The van der Waals surface area contributed by atoms with Gasteiger partial charge in [0.05, 0.1) is 19.6 Å². The summed E-state index contributed by atoms with van der Waals surface area (Å²) in [6, 6.07) is 0. The van der Waals surface area contributed by atoms with Crippen molar-refractivity contribution in [3.8, 4) is 0 Å². The lowest BCUT2D eigenvalue weighted by molar-refractivity contribution is -0.179. The van der Waals surface area contributed by atoms with Crippen LogP contribution in [0.2, 0.25) is 0 Å². The van der Waals surface area contributed by atoms with Crippen LogP contribution < -0.4 is 0 Å². The fraction of sp³-hybridized carbons (Fsp3) is 0.750. The van der Waals surface area contributed by atoms with E-state index < -0.39 is 0 Å². The molecular weight excluding hydrogens is 172 g/mol. The summed E-state index contributed by atoms with van der Waals surface area (Å²) in [6.45, 7) is 3.28. The van der Waals surface area contributed by atoms with Crippen LogP contribution in [-0.2, 0) is 15.9 Å². The molecule has 1 aromatic rings. The van der Waals surface area contributed by atoms with Gasteiger partial charge in [-0.2, -0.15) is 4.98 Å². The molecule has 5 heteroatoms. The van der Waals surface area contributed by atoms with E-state index in [1.54, 1.807) is 6.92 Å². The molecule has 1 aliphatic heterocycles. The highest BCUT2D eigenvalue weighted by Crippen LogP contribution is 2.10. The highest BCUT2D eigenvalue weighted by molar-refractivity contribution is 4.83. The van der Waals surface area contributed by atoms with E-state index in [1.807, 2.05) is 0 Å². The summed E-state index contributed by atoms with van der Waals surface area (Å²) in [5, 5.41) is 3.68. The Morgan fingerprint density at radius 3 is 2.77 bits per heavy atom. The van der Waals surface area contributed by atoms with Crippen molar-refractivity contribution in [3.05, 3.63) is 11.7 Å². The van der Waals surface area contributed by atoms with Crippen LogP contribution in [0, 0.1) is 6.92 Å². The Balaban J connectivity index is 1.89. The second kappa shape index (κ2) is 3.85.